The van der Waals surface area contributed by atoms with Crippen molar-refractivity contribution in [3.8, 4) is 67.5 Å². The van der Waals surface area contributed by atoms with Gasteiger partial charge < -0.3 is 43.2 Å². The van der Waals surface area contributed by atoms with E-state index in [4.69, 9.17) is 39.3 Å². The predicted octanol–water partition coefficient (Wildman–Crippen LogP) is 28.8. The van der Waals surface area contributed by atoms with Crippen LogP contribution in [-0.2, 0) is 66.7 Å². The zero-order valence-corrected chi connectivity index (χ0v) is 77.5. The van der Waals surface area contributed by atoms with Crippen LogP contribution in [0.1, 0.15) is 220 Å². The SMILES string of the molecule is [2H]C(C)(C)c1ccnc(-c2[c-]ccc3c2oc2ncccc23)c1.[2H]C(CC)(CC)c1ccc(-c2[c-]cccc2)nc1.[2H]C(CC)(CC)c1ccnc(-c2[c-]cccc2)c1.[2H]C([2H])([2H])c1cc(-c2[c-]ccc3c2oc2nc(C)ccc23)ncc1C([2H])(C)C([2H])([2H])[2H].[2H]C([2H])([2H])c1cc(-c2[c-]ccc3c2oc2nc(C)ccc23)ncc1C([2H])(C)C([2H])([2H])[2H].[2H]C([2H])(c1ccc(-c2[c-]cccc2)nc1)C(C)C.[Ir].[Ir].[Ir]. The summed E-state index contributed by atoms with van der Waals surface area (Å²) in [5.41, 5.74) is 16.0. The summed E-state index contributed by atoms with van der Waals surface area (Å²) >= 11 is 0. The van der Waals surface area contributed by atoms with Crippen molar-refractivity contribution in [3.63, 3.8) is 0 Å². The van der Waals surface area contributed by atoms with Crippen LogP contribution in [0, 0.1) is 69.9 Å². The smallest absolute Gasteiger partial charge is 0.216 e. The van der Waals surface area contributed by atoms with Gasteiger partial charge in [0.2, 0.25) is 17.1 Å². The average Bonchev–Trinajstić information content (AvgIpc) is 1.46. The Morgan fingerprint density at radius 1 is 0.358 bits per heavy atom. The molecule has 0 saturated carbocycles. The van der Waals surface area contributed by atoms with Crippen molar-refractivity contribution in [3.05, 3.63) is 342 Å². The number of benzene rings is 6. The van der Waals surface area contributed by atoms with Crippen LogP contribution in [-0.4, -0.2) is 44.9 Å². The molecule has 18 aromatic rings. The number of hydrogen-bond donors (Lipinski definition) is 0. The van der Waals surface area contributed by atoms with Gasteiger partial charge in [-0.25, -0.2) is 15.0 Å². The minimum absolute atomic E-state index is 0. The quantitative estimate of drug-likeness (QED) is 0.0797. The maximum absolute atomic E-state index is 8.48. The zero-order chi connectivity index (χ0) is 101. The molecule has 0 saturated heterocycles. The first-order valence-corrected chi connectivity index (χ1v) is 39.9. The Bertz CT molecular complexity index is 7030. The van der Waals surface area contributed by atoms with Gasteiger partial charge in [-0.1, -0.05) is 187 Å². The molecule has 0 aliphatic rings. The average molecular weight is 2170 g/mol. The second-order valence-corrected chi connectivity index (χ2v) is 29.0. The van der Waals surface area contributed by atoms with Crippen LogP contribution in [0.15, 0.2) is 263 Å². The van der Waals surface area contributed by atoms with Crippen molar-refractivity contribution in [1.82, 2.24) is 44.9 Å². The summed E-state index contributed by atoms with van der Waals surface area (Å²) in [6.45, 7) is 11.0. The fourth-order valence-electron chi connectivity index (χ4n) is 13.7. The van der Waals surface area contributed by atoms with Gasteiger partial charge in [0.1, 0.15) is 0 Å². The van der Waals surface area contributed by atoms with Crippen LogP contribution >= 0.6 is 0 Å². The van der Waals surface area contributed by atoms with Gasteiger partial charge in [0.25, 0.3) is 0 Å². The Kier molecular flexibility index (Phi) is 25.7. The summed E-state index contributed by atoms with van der Waals surface area (Å²) in [5, 5.41) is 5.17. The molecule has 123 heavy (non-hydrogen) atoms. The Morgan fingerprint density at radius 2 is 0.789 bits per heavy atom. The first kappa shape index (κ1) is 70.4. The topological polar surface area (TPSA) is 155 Å². The second kappa shape index (κ2) is 44.9. The van der Waals surface area contributed by atoms with Gasteiger partial charge in [-0.3, -0.25) is 0 Å². The van der Waals surface area contributed by atoms with E-state index in [0.717, 1.165) is 149 Å². The minimum Gasteiger partial charge on any atom is -0.486 e. The van der Waals surface area contributed by atoms with Gasteiger partial charge in [-0.05, 0) is 200 Å². The van der Waals surface area contributed by atoms with Gasteiger partial charge >= 0.3 is 0 Å². The number of aromatic nitrogens is 9. The van der Waals surface area contributed by atoms with Crippen LogP contribution in [0.4, 0.5) is 0 Å². The molecule has 0 N–H and O–H groups in total. The van der Waals surface area contributed by atoms with E-state index in [9.17, 15) is 0 Å². The maximum Gasteiger partial charge on any atom is 0.216 e. The van der Waals surface area contributed by atoms with Crippen LogP contribution in [0.5, 0.6) is 0 Å². The van der Waals surface area contributed by atoms with Crippen molar-refractivity contribution >= 4 is 66.2 Å². The largest absolute Gasteiger partial charge is 0.486 e. The number of rotatable bonds is 17. The molecule has 18 rings (SSSR count). The van der Waals surface area contributed by atoms with E-state index < -0.39 is 63.3 Å². The van der Waals surface area contributed by atoms with Crippen molar-refractivity contribution in [2.45, 2.75) is 172 Å². The number of pyridine rings is 9. The molecular formula is C108H105Ir3N9O3-6. The molecule has 6 aromatic carbocycles. The van der Waals surface area contributed by atoms with E-state index >= 15 is 0 Å². The van der Waals surface area contributed by atoms with E-state index in [1.165, 1.54) is 26.0 Å². The van der Waals surface area contributed by atoms with E-state index in [-0.39, 0.29) is 99.9 Å². The Labute approximate surface area is 793 Å². The van der Waals surface area contributed by atoms with Gasteiger partial charge in [0, 0.05) is 157 Å². The normalized spacial score (nSPS) is 15.0. The first-order valence-electron chi connectivity index (χ1n) is 49.4. The van der Waals surface area contributed by atoms with E-state index in [1.54, 1.807) is 36.9 Å². The Balaban J connectivity index is 0.000000177. The van der Waals surface area contributed by atoms with Gasteiger partial charge in [-0.15, -0.1) is 162 Å². The van der Waals surface area contributed by atoms with Gasteiger partial charge in [0.05, 0.1) is 16.7 Å². The second-order valence-electron chi connectivity index (χ2n) is 29.0. The van der Waals surface area contributed by atoms with Gasteiger partial charge in [0.15, 0.2) is 0 Å². The first-order chi connectivity index (χ1) is 65.5. The summed E-state index contributed by atoms with van der Waals surface area (Å²) in [6, 6.07) is 82.4. The van der Waals surface area contributed by atoms with Crippen LogP contribution in [0.2, 0.25) is 0 Å². The standard InChI is InChI=1S/2C21H19N2O.C19H15N2O.2C16H18N.C15H16N.3Ir/c2*1-12(2)18-11-22-19(10-13(18)3)17-7-5-6-15-16-9-8-14(4)23-21(16)24-20(15)17;1-12(2)13-8-10-20-17(11-13)16-6-3-5-14-15-7-4-9-21-19(15)22-18(14)16;1-3-13(4-2)15-10-11-17-16(12-15)14-8-6-5-7-9-14;1-3-13(4-2)15-10-11-16(17-12-15)14-8-6-5-7-9-14;1-12(2)10-13-8-9-15(16-11-13)14-6-4-3-5-7-14;;;/h2*5-6,8-12H,1-4H3;3-5,7-12H,1-2H3;2*5-8,10-13H,3-4H2,1-2H3;3-6,8-9,11-12H,10H2,1-2H3;;;/q6*-1;;;/i2*1D3,3D3,12D;12D;2*13D;10D2;;;. The van der Waals surface area contributed by atoms with E-state index in [1.807, 2.05) is 230 Å². The number of hydrogen-bond acceptors (Lipinski definition) is 12. The molecule has 0 amide bonds. The molecule has 0 aliphatic carbocycles. The van der Waals surface area contributed by atoms with Crippen LogP contribution < -0.4 is 0 Å². The molecule has 12 nitrogen and oxygen atoms in total. The fraction of sp³-hybridized carbons (Fsp3) is 0.250. The molecular weight excluding hydrogens is 2050 g/mol. The summed E-state index contributed by atoms with van der Waals surface area (Å²) < 4.78 is 169. The summed E-state index contributed by atoms with van der Waals surface area (Å²) in [5.74, 6) is -6.05. The molecule has 2 unspecified atom stereocenters. The van der Waals surface area contributed by atoms with Crippen LogP contribution in [0.3, 0.4) is 0 Å². The third-order valence-electron chi connectivity index (χ3n) is 20.0. The minimum atomic E-state index is -2.73. The Morgan fingerprint density at radius 3 is 1.22 bits per heavy atom. The monoisotopic (exact) mass is 2170 g/mol. The molecule has 3 radical (unpaired) electrons. The maximum atomic E-state index is 8.48. The van der Waals surface area contributed by atoms with Crippen molar-refractivity contribution < 1.29 is 99.6 Å². The van der Waals surface area contributed by atoms with Crippen molar-refractivity contribution in [2.24, 2.45) is 5.92 Å². The number of furan rings is 3. The predicted molar refractivity (Wildman–Crippen MR) is 493 cm³/mol. The number of fused-ring (bicyclic) bond motifs is 9. The fourth-order valence-corrected chi connectivity index (χ4v) is 13.7. The molecule has 12 aromatic heterocycles. The van der Waals surface area contributed by atoms with Crippen molar-refractivity contribution in [1.29, 1.82) is 0 Å². The van der Waals surface area contributed by atoms with E-state index in [0.29, 0.717) is 45.0 Å². The molecule has 2 atom stereocenters. The molecule has 0 spiro atoms. The van der Waals surface area contributed by atoms with E-state index in [2.05, 4.69) is 109 Å². The summed E-state index contributed by atoms with van der Waals surface area (Å²) in [7, 11) is 0. The Hall–Kier alpha value is -11.0. The van der Waals surface area contributed by atoms with Crippen molar-refractivity contribution in [2.75, 3.05) is 0 Å². The number of aryl methyl sites for hydroxylation is 4. The molecule has 0 bridgehead atoms. The third kappa shape index (κ3) is 23.3. The molecule has 633 valence electrons. The molecule has 15 heteroatoms. The molecule has 12 heterocycles. The third-order valence-corrected chi connectivity index (χ3v) is 20.0. The molecule has 0 fully saturated rings. The zero-order valence-electron chi connectivity index (χ0n) is 89.3. The number of nitrogens with zero attached hydrogens (tertiary/aromatic N) is 9. The van der Waals surface area contributed by atoms with Crippen LogP contribution in [0.25, 0.3) is 134 Å². The summed E-state index contributed by atoms with van der Waals surface area (Å²) in [4.78, 5) is 39.3. The van der Waals surface area contributed by atoms with Gasteiger partial charge in [-0.2, -0.15) is 0 Å². The summed E-state index contributed by atoms with van der Waals surface area (Å²) in [6.07, 6.45) is 12.9. The molecule has 0 aliphatic heterocycles.